The first-order valence-corrected chi connectivity index (χ1v) is 8.33. The van der Waals surface area contributed by atoms with Gasteiger partial charge in [0.2, 0.25) is 5.88 Å². The molecular weight excluding hydrogens is 380 g/mol. The number of aromatic amines is 1. The average molecular weight is 396 g/mol. The Morgan fingerprint density at radius 1 is 1.21 bits per heavy atom. The van der Waals surface area contributed by atoms with Crippen LogP contribution in [-0.2, 0) is 0 Å². The molecule has 0 amide bonds. The van der Waals surface area contributed by atoms with E-state index in [2.05, 4.69) is 9.98 Å². The minimum Gasteiger partial charge on any atom is -0.497 e. The number of nitro benzene ring substituents is 1. The number of aromatic hydroxyl groups is 1. The van der Waals surface area contributed by atoms with Gasteiger partial charge in [-0.05, 0) is 43.3 Å². The van der Waals surface area contributed by atoms with Gasteiger partial charge in [-0.15, -0.1) is 0 Å². The molecule has 0 aliphatic rings. The Morgan fingerprint density at radius 3 is 2.48 bits per heavy atom. The van der Waals surface area contributed by atoms with Crippen molar-refractivity contribution in [3.8, 4) is 17.3 Å². The van der Waals surface area contributed by atoms with Gasteiger partial charge in [-0.2, -0.15) is 0 Å². The van der Waals surface area contributed by atoms with Crippen LogP contribution < -0.4 is 16.0 Å². The lowest BCUT2D eigenvalue weighted by molar-refractivity contribution is -0.385. The Bertz CT molecular complexity index is 1220. The molecule has 3 rings (SSSR count). The van der Waals surface area contributed by atoms with Gasteiger partial charge >= 0.3 is 5.69 Å². The lowest BCUT2D eigenvalue weighted by Crippen LogP contribution is -2.31. The number of nitrogens with one attached hydrogen (secondary N) is 1. The predicted molar refractivity (Wildman–Crippen MR) is 106 cm³/mol. The van der Waals surface area contributed by atoms with Crippen molar-refractivity contribution >= 4 is 17.6 Å². The summed E-state index contributed by atoms with van der Waals surface area (Å²) in [5.41, 5.74) is -0.889. The number of benzene rings is 2. The highest BCUT2D eigenvalue weighted by Gasteiger charge is 2.15. The number of nitrogens with zero attached hydrogens (tertiary/aromatic N) is 3. The van der Waals surface area contributed by atoms with Crippen LogP contribution in [0.3, 0.4) is 0 Å². The molecule has 0 saturated heterocycles. The first kappa shape index (κ1) is 19.5. The molecule has 2 aromatic carbocycles. The SMILES string of the molecule is COc1ccc(-n2c(O)c(C=Nc3ccc([N+](=O)[O-])c(C)c3)c(=O)[nH]c2=O)cc1. The van der Waals surface area contributed by atoms with Gasteiger partial charge < -0.3 is 9.84 Å². The van der Waals surface area contributed by atoms with Crippen molar-refractivity contribution < 1.29 is 14.8 Å². The molecule has 0 spiro atoms. The maximum atomic E-state index is 12.2. The Hall–Kier alpha value is -4.21. The summed E-state index contributed by atoms with van der Waals surface area (Å²) in [6.07, 6.45) is 1.09. The number of aliphatic imine (C=N–C) groups is 1. The summed E-state index contributed by atoms with van der Waals surface area (Å²) in [7, 11) is 1.49. The van der Waals surface area contributed by atoms with Crippen LogP contribution in [0.25, 0.3) is 5.69 Å². The molecule has 2 N–H and O–H groups in total. The molecule has 1 aromatic heterocycles. The molecule has 0 unspecified atom stereocenters. The number of H-pyrrole nitrogens is 1. The predicted octanol–water partition coefficient (Wildman–Crippen LogP) is 2.21. The third kappa shape index (κ3) is 3.90. The highest BCUT2D eigenvalue weighted by molar-refractivity contribution is 5.84. The van der Waals surface area contributed by atoms with Crippen molar-refractivity contribution in [3.63, 3.8) is 0 Å². The molecule has 0 aliphatic heterocycles. The summed E-state index contributed by atoms with van der Waals surface area (Å²) < 4.78 is 5.98. The normalized spacial score (nSPS) is 11.0. The van der Waals surface area contributed by atoms with Crippen LogP contribution in [0.2, 0.25) is 0 Å². The molecule has 0 radical (unpaired) electrons. The van der Waals surface area contributed by atoms with Crippen molar-refractivity contribution in [3.05, 3.63) is 84.5 Å². The monoisotopic (exact) mass is 396 g/mol. The Balaban J connectivity index is 2.05. The van der Waals surface area contributed by atoms with Gasteiger partial charge in [-0.1, -0.05) is 0 Å². The fourth-order valence-electron chi connectivity index (χ4n) is 2.69. The highest BCUT2D eigenvalue weighted by Crippen LogP contribution is 2.24. The lowest BCUT2D eigenvalue weighted by atomic mass is 10.2. The van der Waals surface area contributed by atoms with Crippen LogP contribution >= 0.6 is 0 Å². The van der Waals surface area contributed by atoms with E-state index in [9.17, 15) is 24.8 Å². The Labute approximate surface area is 163 Å². The van der Waals surface area contributed by atoms with E-state index in [1.54, 1.807) is 31.2 Å². The van der Waals surface area contributed by atoms with Crippen molar-refractivity contribution in [2.75, 3.05) is 7.11 Å². The Kier molecular flexibility index (Phi) is 5.26. The second kappa shape index (κ2) is 7.80. The molecule has 29 heavy (non-hydrogen) atoms. The van der Waals surface area contributed by atoms with Gasteiger partial charge in [0.05, 0.1) is 23.4 Å². The van der Waals surface area contributed by atoms with E-state index in [-0.39, 0.29) is 11.3 Å². The number of rotatable bonds is 5. The zero-order valence-electron chi connectivity index (χ0n) is 15.4. The maximum absolute atomic E-state index is 12.2. The van der Waals surface area contributed by atoms with Crippen LogP contribution in [-0.4, -0.2) is 32.9 Å². The van der Waals surface area contributed by atoms with Crippen LogP contribution in [0.5, 0.6) is 11.6 Å². The molecule has 3 aromatic rings. The summed E-state index contributed by atoms with van der Waals surface area (Å²) >= 11 is 0. The molecule has 1 heterocycles. The van der Waals surface area contributed by atoms with E-state index in [1.807, 2.05) is 0 Å². The Morgan fingerprint density at radius 2 is 1.90 bits per heavy atom. The minimum atomic E-state index is -0.820. The molecule has 10 heteroatoms. The van der Waals surface area contributed by atoms with Crippen LogP contribution in [0.4, 0.5) is 11.4 Å². The first-order chi connectivity index (χ1) is 13.8. The van der Waals surface area contributed by atoms with Gasteiger partial charge in [0.25, 0.3) is 11.2 Å². The molecule has 0 fully saturated rings. The summed E-state index contributed by atoms with van der Waals surface area (Å²) in [5.74, 6) is -0.0349. The largest absolute Gasteiger partial charge is 0.497 e. The van der Waals surface area contributed by atoms with Crippen LogP contribution in [0.1, 0.15) is 11.1 Å². The quantitative estimate of drug-likeness (QED) is 0.385. The molecule has 0 saturated carbocycles. The van der Waals surface area contributed by atoms with E-state index < -0.39 is 22.1 Å². The van der Waals surface area contributed by atoms with E-state index in [4.69, 9.17) is 4.74 Å². The highest BCUT2D eigenvalue weighted by atomic mass is 16.6. The summed E-state index contributed by atoms with van der Waals surface area (Å²) in [6.45, 7) is 1.56. The van der Waals surface area contributed by atoms with Crippen molar-refractivity contribution in [2.24, 2.45) is 4.99 Å². The fraction of sp³-hybridized carbons (Fsp3) is 0.105. The van der Waals surface area contributed by atoms with E-state index in [0.717, 1.165) is 10.8 Å². The van der Waals surface area contributed by atoms with Gasteiger partial charge in [-0.3, -0.25) is 24.9 Å². The second-order valence-electron chi connectivity index (χ2n) is 6.02. The zero-order valence-corrected chi connectivity index (χ0v) is 15.4. The van der Waals surface area contributed by atoms with Gasteiger partial charge in [0, 0.05) is 17.8 Å². The fourth-order valence-corrected chi connectivity index (χ4v) is 2.69. The molecule has 0 bridgehead atoms. The van der Waals surface area contributed by atoms with Crippen molar-refractivity contribution in [1.82, 2.24) is 9.55 Å². The number of hydrogen-bond acceptors (Lipinski definition) is 7. The number of ether oxygens (including phenoxy) is 1. The van der Waals surface area contributed by atoms with Gasteiger partial charge in [-0.25, -0.2) is 9.36 Å². The minimum absolute atomic E-state index is 0.0577. The summed E-state index contributed by atoms with van der Waals surface area (Å²) in [4.78, 5) is 40.9. The average Bonchev–Trinajstić information content (AvgIpc) is 2.67. The number of methoxy groups -OCH3 is 1. The topological polar surface area (TPSA) is 140 Å². The van der Waals surface area contributed by atoms with E-state index >= 15 is 0 Å². The third-order valence-corrected chi connectivity index (χ3v) is 4.17. The standard InChI is InChI=1S/C19H16N4O6/c1-11-9-12(3-8-16(11)23(27)28)20-10-15-17(24)21-19(26)22(18(15)25)13-4-6-14(29-2)7-5-13/h3-10,25H,1-2H3,(H,21,24,26). The smallest absolute Gasteiger partial charge is 0.335 e. The first-order valence-electron chi connectivity index (χ1n) is 8.33. The third-order valence-electron chi connectivity index (χ3n) is 4.17. The van der Waals surface area contributed by atoms with Crippen molar-refractivity contribution in [1.29, 1.82) is 0 Å². The maximum Gasteiger partial charge on any atom is 0.335 e. The molecule has 0 aliphatic carbocycles. The molecule has 148 valence electrons. The molecule has 0 atom stereocenters. The number of aryl methyl sites for hydroxylation is 1. The van der Waals surface area contributed by atoms with Crippen LogP contribution in [0, 0.1) is 17.0 Å². The second-order valence-corrected chi connectivity index (χ2v) is 6.02. The molecular formula is C19H16N4O6. The number of hydrogen-bond donors (Lipinski definition) is 2. The number of aromatic nitrogens is 2. The van der Waals surface area contributed by atoms with Gasteiger partial charge in [0.1, 0.15) is 11.3 Å². The van der Waals surface area contributed by atoms with Crippen LogP contribution in [0.15, 0.2) is 57.0 Å². The van der Waals surface area contributed by atoms with Crippen molar-refractivity contribution in [2.45, 2.75) is 6.92 Å². The summed E-state index contributed by atoms with van der Waals surface area (Å²) in [5, 5.41) is 21.4. The zero-order chi connectivity index (χ0) is 21.1. The number of nitro groups is 1. The summed E-state index contributed by atoms with van der Waals surface area (Å²) in [6, 6.07) is 10.5. The van der Waals surface area contributed by atoms with E-state index in [1.165, 1.54) is 25.3 Å². The van der Waals surface area contributed by atoms with E-state index in [0.29, 0.717) is 22.7 Å². The molecule has 10 nitrogen and oxygen atoms in total. The van der Waals surface area contributed by atoms with Gasteiger partial charge in [0.15, 0.2) is 0 Å². The lowest BCUT2D eigenvalue weighted by Gasteiger charge is -2.10.